The maximum Gasteiger partial charge on any atom is 0.296 e. The van der Waals surface area contributed by atoms with Crippen molar-refractivity contribution in [1.29, 1.82) is 0 Å². The number of sulfonamides is 1. The summed E-state index contributed by atoms with van der Waals surface area (Å²) in [5, 5.41) is 4.14. The molecule has 0 saturated heterocycles. The number of rotatable bonds is 4. The molecule has 0 spiro atoms. The summed E-state index contributed by atoms with van der Waals surface area (Å²) in [5.41, 5.74) is 1.66. The fraction of sp³-hybridized carbons (Fsp3) is 0.294. The Kier molecular flexibility index (Phi) is 4.27. The minimum absolute atomic E-state index is 0.0269. The summed E-state index contributed by atoms with van der Waals surface area (Å²) >= 11 is 0. The number of hydrogen-bond donors (Lipinski definition) is 1. The molecule has 0 saturated carbocycles. The van der Waals surface area contributed by atoms with Crippen molar-refractivity contribution in [2.45, 2.75) is 25.7 Å². The van der Waals surface area contributed by atoms with Crippen LogP contribution in [0.5, 0.6) is 0 Å². The molecule has 26 heavy (non-hydrogen) atoms. The monoisotopic (exact) mass is 375 g/mol. The number of anilines is 1. The number of benzene rings is 1. The first-order valence-electron chi connectivity index (χ1n) is 8.02. The second-order valence-electron chi connectivity index (χ2n) is 6.17. The highest BCUT2D eigenvalue weighted by atomic mass is 32.2. The number of nitrogens with zero attached hydrogens (tertiary/aromatic N) is 4. The summed E-state index contributed by atoms with van der Waals surface area (Å²) in [4.78, 5) is 13.0. The van der Waals surface area contributed by atoms with Crippen molar-refractivity contribution >= 4 is 15.7 Å². The molecule has 0 bridgehead atoms. The van der Waals surface area contributed by atoms with Gasteiger partial charge in [0.1, 0.15) is 10.6 Å². The number of hydrogen-bond acceptors (Lipinski definition) is 4. The molecule has 0 fully saturated rings. The van der Waals surface area contributed by atoms with Crippen molar-refractivity contribution in [3.63, 3.8) is 0 Å². The lowest BCUT2D eigenvalue weighted by Gasteiger charge is -2.07. The quantitative estimate of drug-likeness (QED) is 0.750. The Hall–Kier alpha value is -2.81. The van der Waals surface area contributed by atoms with Crippen LogP contribution in [0.15, 0.2) is 40.0 Å². The summed E-state index contributed by atoms with van der Waals surface area (Å²) in [5.74, 6) is 0. The van der Waals surface area contributed by atoms with E-state index in [9.17, 15) is 13.2 Å². The Morgan fingerprint density at radius 1 is 1.00 bits per heavy atom. The Balaban J connectivity index is 2.13. The van der Waals surface area contributed by atoms with E-state index in [1.165, 1.54) is 9.36 Å². The standard InChI is InChI=1S/C17H21N5O3S/c1-11-16(13(3)20(4)18-11)26(24,25)19-15-12(2)21(5)22(17(15)23)14-9-7-6-8-10-14/h6-10,19H,1-5H3. The minimum atomic E-state index is -3.94. The van der Waals surface area contributed by atoms with Crippen LogP contribution in [0.2, 0.25) is 0 Å². The number of nitrogens with one attached hydrogen (secondary N) is 1. The highest BCUT2D eigenvalue weighted by molar-refractivity contribution is 7.92. The van der Waals surface area contributed by atoms with Crippen LogP contribution in [0.4, 0.5) is 5.69 Å². The van der Waals surface area contributed by atoms with Gasteiger partial charge < -0.3 is 0 Å². The predicted octanol–water partition coefficient (Wildman–Crippen LogP) is 1.64. The molecule has 2 aromatic heterocycles. The van der Waals surface area contributed by atoms with Crippen LogP contribution in [0.25, 0.3) is 5.69 Å². The van der Waals surface area contributed by atoms with Crippen molar-refractivity contribution in [3.8, 4) is 5.69 Å². The first-order valence-corrected chi connectivity index (χ1v) is 9.50. The van der Waals surface area contributed by atoms with E-state index in [1.54, 1.807) is 51.7 Å². The normalized spacial score (nSPS) is 11.7. The van der Waals surface area contributed by atoms with Crippen LogP contribution >= 0.6 is 0 Å². The lowest BCUT2D eigenvalue weighted by molar-refractivity contribution is 0.599. The van der Waals surface area contributed by atoms with Gasteiger partial charge in [0.05, 0.1) is 22.8 Å². The van der Waals surface area contributed by atoms with Crippen molar-refractivity contribution in [2.24, 2.45) is 14.1 Å². The first kappa shape index (κ1) is 18.0. The molecule has 0 atom stereocenters. The summed E-state index contributed by atoms with van der Waals surface area (Å²) in [6, 6.07) is 9.05. The van der Waals surface area contributed by atoms with Gasteiger partial charge in [-0.05, 0) is 32.9 Å². The molecule has 0 aliphatic rings. The van der Waals surface area contributed by atoms with Gasteiger partial charge in [0, 0.05) is 14.1 Å². The van der Waals surface area contributed by atoms with Crippen LogP contribution in [0.1, 0.15) is 17.1 Å². The second kappa shape index (κ2) is 6.17. The zero-order valence-electron chi connectivity index (χ0n) is 15.3. The van der Waals surface area contributed by atoms with Gasteiger partial charge in [0.2, 0.25) is 0 Å². The summed E-state index contributed by atoms with van der Waals surface area (Å²) in [6.45, 7) is 5.00. The van der Waals surface area contributed by atoms with Gasteiger partial charge in [-0.1, -0.05) is 18.2 Å². The third kappa shape index (κ3) is 2.74. The fourth-order valence-electron chi connectivity index (χ4n) is 3.01. The Labute approximate surface area is 151 Å². The highest BCUT2D eigenvalue weighted by Gasteiger charge is 2.27. The molecule has 0 aliphatic heterocycles. The van der Waals surface area contributed by atoms with Crippen molar-refractivity contribution in [2.75, 3.05) is 4.72 Å². The van der Waals surface area contributed by atoms with Crippen molar-refractivity contribution in [3.05, 3.63) is 57.8 Å². The molecule has 0 aliphatic carbocycles. The van der Waals surface area contributed by atoms with E-state index in [-0.39, 0.29) is 10.6 Å². The zero-order chi connectivity index (χ0) is 19.2. The Morgan fingerprint density at radius 2 is 1.62 bits per heavy atom. The van der Waals surface area contributed by atoms with Crippen LogP contribution in [-0.4, -0.2) is 27.6 Å². The van der Waals surface area contributed by atoms with Gasteiger partial charge in [-0.25, -0.2) is 13.1 Å². The Bertz CT molecular complexity index is 1140. The van der Waals surface area contributed by atoms with E-state index in [2.05, 4.69) is 9.82 Å². The number of aromatic nitrogens is 4. The zero-order valence-corrected chi connectivity index (χ0v) is 16.1. The fourth-order valence-corrected chi connectivity index (χ4v) is 4.57. The van der Waals surface area contributed by atoms with Crippen LogP contribution in [0.3, 0.4) is 0 Å². The maximum atomic E-state index is 12.9. The SMILES string of the molecule is Cc1nn(C)c(C)c1S(=O)(=O)Nc1c(C)n(C)n(-c2ccccc2)c1=O. The second-order valence-corrected chi connectivity index (χ2v) is 7.78. The largest absolute Gasteiger partial charge is 0.296 e. The smallest absolute Gasteiger partial charge is 0.283 e. The Morgan fingerprint density at radius 3 is 2.15 bits per heavy atom. The average Bonchev–Trinajstić information content (AvgIpc) is 2.96. The molecule has 0 unspecified atom stereocenters. The minimum Gasteiger partial charge on any atom is -0.283 e. The third-order valence-electron chi connectivity index (χ3n) is 4.50. The molecular weight excluding hydrogens is 354 g/mol. The van der Waals surface area contributed by atoms with Crippen molar-refractivity contribution < 1.29 is 8.42 Å². The molecule has 1 N–H and O–H groups in total. The molecule has 138 valence electrons. The molecule has 2 heterocycles. The van der Waals surface area contributed by atoms with Gasteiger partial charge in [-0.3, -0.25) is 18.9 Å². The lowest BCUT2D eigenvalue weighted by atomic mass is 10.3. The predicted molar refractivity (Wildman–Crippen MR) is 99.2 cm³/mol. The van der Waals surface area contributed by atoms with E-state index < -0.39 is 15.6 Å². The van der Waals surface area contributed by atoms with E-state index in [1.807, 2.05) is 18.2 Å². The highest BCUT2D eigenvalue weighted by Crippen LogP contribution is 2.23. The van der Waals surface area contributed by atoms with Gasteiger partial charge in [-0.15, -0.1) is 0 Å². The van der Waals surface area contributed by atoms with Gasteiger partial charge in [-0.2, -0.15) is 5.10 Å². The summed E-state index contributed by atoms with van der Waals surface area (Å²) in [7, 11) is -0.556. The van der Waals surface area contributed by atoms with E-state index in [0.717, 1.165) is 0 Å². The summed E-state index contributed by atoms with van der Waals surface area (Å²) < 4.78 is 32.8. The lowest BCUT2D eigenvalue weighted by Crippen LogP contribution is -2.23. The van der Waals surface area contributed by atoms with Gasteiger partial charge in [0.25, 0.3) is 15.6 Å². The van der Waals surface area contributed by atoms with Crippen LogP contribution in [-0.2, 0) is 24.1 Å². The molecule has 3 aromatic rings. The van der Waals surface area contributed by atoms with Gasteiger partial charge >= 0.3 is 0 Å². The summed E-state index contributed by atoms with van der Waals surface area (Å²) in [6.07, 6.45) is 0. The third-order valence-corrected chi connectivity index (χ3v) is 6.10. The maximum absolute atomic E-state index is 12.9. The van der Waals surface area contributed by atoms with E-state index in [0.29, 0.717) is 22.8 Å². The molecule has 9 heteroatoms. The van der Waals surface area contributed by atoms with E-state index >= 15 is 0 Å². The molecule has 0 amide bonds. The van der Waals surface area contributed by atoms with Crippen LogP contribution < -0.4 is 10.3 Å². The molecular formula is C17H21N5O3S. The first-order chi connectivity index (χ1) is 12.1. The van der Waals surface area contributed by atoms with Crippen LogP contribution in [0, 0.1) is 20.8 Å². The van der Waals surface area contributed by atoms with Gasteiger partial charge in [0.15, 0.2) is 0 Å². The number of aryl methyl sites for hydroxylation is 2. The van der Waals surface area contributed by atoms with Crippen molar-refractivity contribution in [1.82, 2.24) is 19.1 Å². The molecule has 3 rings (SSSR count). The molecule has 1 aromatic carbocycles. The molecule has 0 radical (unpaired) electrons. The average molecular weight is 375 g/mol. The number of para-hydroxylation sites is 1. The topological polar surface area (TPSA) is 90.9 Å². The molecule has 8 nitrogen and oxygen atoms in total. The van der Waals surface area contributed by atoms with E-state index in [4.69, 9.17) is 0 Å².